The molecule has 0 radical (unpaired) electrons. The normalized spacial score (nSPS) is 9.65. The van der Waals surface area contributed by atoms with Gasteiger partial charge in [0.1, 0.15) is 12.4 Å². The van der Waals surface area contributed by atoms with Crippen LogP contribution in [0, 0.1) is 18.3 Å². The molecule has 4 nitrogen and oxygen atoms in total. The van der Waals surface area contributed by atoms with E-state index in [0.29, 0.717) is 5.82 Å². The molecule has 84 valence electrons. The van der Waals surface area contributed by atoms with Gasteiger partial charge < -0.3 is 5.32 Å². The summed E-state index contributed by atoms with van der Waals surface area (Å²) in [7, 11) is 0. The van der Waals surface area contributed by atoms with Crippen molar-refractivity contribution in [2.75, 3.05) is 11.9 Å². The second kappa shape index (κ2) is 5.08. The number of benzene rings is 1. The number of aryl methyl sites for hydroxylation is 1. The fourth-order valence-electron chi connectivity index (χ4n) is 1.43. The monoisotopic (exact) mass is 224 g/mol. The smallest absolute Gasteiger partial charge is 0.149 e. The minimum Gasteiger partial charge on any atom is -0.356 e. The van der Waals surface area contributed by atoms with Gasteiger partial charge in [-0.3, -0.25) is 0 Å². The van der Waals surface area contributed by atoms with E-state index in [-0.39, 0.29) is 6.54 Å². The minimum absolute atomic E-state index is 0.235. The van der Waals surface area contributed by atoms with Crippen LogP contribution >= 0.6 is 0 Å². The van der Waals surface area contributed by atoms with Crippen LogP contribution < -0.4 is 5.32 Å². The van der Waals surface area contributed by atoms with Crippen molar-refractivity contribution < 1.29 is 0 Å². The Labute approximate surface area is 99.9 Å². The molecule has 0 aliphatic rings. The van der Waals surface area contributed by atoms with Crippen molar-refractivity contribution in [3.8, 4) is 17.3 Å². The van der Waals surface area contributed by atoms with Crippen LogP contribution in [0.4, 0.5) is 5.82 Å². The lowest BCUT2D eigenvalue weighted by molar-refractivity contribution is 1.03. The van der Waals surface area contributed by atoms with Crippen LogP contribution in [0.3, 0.4) is 0 Å². The number of hydrogen-bond acceptors (Lipinski definition) is 4. The van der Waals surface area contributed by atoms with Gasteiger partial charge in [-0.05, 0) is 19.1 Å². The van der Waals surface area contributed by atoms with E-state index in [4.69, 9.17) is 5.26 Å². The van der Waals surface area contributed by atoms with Gasteiger partial charge in [-0.1, -0.05) is 29.8 Å². The Morgan fingerprint density at radius 3 is 2.47 bits per heavy atom. The molecule has 1 aromatic carbocycles. The molecule has 1 heterocycles. The summed E-state index contributed by atoms with van der Waals surface area (Å²) in [6, 6.07) is 13.8. The summed E-state index contributed by atoms with van der Waals surface area (Å²) in [6.07, 6.45) is 0. The highest BCUT2D eigenvalue weighted by Crippen LogP contribution is 2.17. The number of nitrogens with zero attached hydrogens (tertiary/aromatic N) is 3. The van der Waals surface area contributed by atoms with Crippen LogP contribution in [-0.4, -0.2) is 16.7 Å². The fraction of sp³-hybridized carbons (Fsp3) is 0.154. The molecule has 0 aliphatic heterocycles. The summed E-state index contributed by atoms with van der Waals surface area (Å²) in [5.74, 6) is 0.613. The largest absolute Gasteiger partial charge is 0.356 e. The second-order valence-electron chi connectivity index (χ2n) is 3.68. The number of rotatable bonds is 3. The van der Waals surface area contributed by atoms with Gasteiger partial charge in [0.25, 0.3) is 0 Å². The number of nitriles is 1. The summed E-state index contributed by atoms with van der Waals surface area (Å²) in [6.45, 7) is 2.28. The third-order valence-electron chi connectivity index (χ3n) is 2.36. The van der Waals surface area contributed by atoms with Gasteiger partial charge in [0.05, 0.1) is 11.8 Å². The molecule has 17 heavy (non-hydrogen) atoms. The van der Waals surface area contributed by atoms with E-state index in [1.54, 1.807) is 0 Å². The third-order valence-corrected chi connectivity index (χ3v) is 2.36. The van der Waals surface area contributed by atoms with Crippen molar-refractivity contribution >= 4 is 5.82 Å². The molecule has 0 unspecified atom stereocenters. The van der Waals surface area contributed by atoms with Crippen molar-refractivity contribution in [2.24, 2.45) is 0 Å². The Morgan fingerprint density at radius 2 is 1.88 bits per heavy atom. The van der Waals surface area contributed by atoms with Crippen LogP contribution in [0.2, 0.25) is 0 Å². The van der Waals surface area contributed by atoms with Gasteiger partial charge in [0.2, 0.25) is 0 Å². The van der Waals surface area contributed by atoms with Gasteiger partial charge in [0.15, 0.2) is 0 Å². The molecule has 0 amide bonds. The van der Waals surface area contributed by atoms with Gasteiger partial charge in [-0.25, -0.2) is 0 Å². The second-order valence-corrected chi connectivity index (χ2v) is 3.68. The highest BCUT2D eigenvalue weighted by Gasteiger charge is 2.00. The topological polar surface area (TPSA) is 61.6 Å². The van der Waals surface area contributed by atoms with E-state index in [1.165, 1.54) is 5.56 Å². The molecule has 0 saturated heterocycles. The van der Waals surface area contributed by atoms with Gasteiger partial charge in [0, 0.05) is 5.56 Å². The van der Waals surface area contributed by atoms with Crippen molar-refractivity contribution in [2.45, 2.75) is 6.92 Å². The average Bonchev–Trinajstić information content (AvgIpc) is 2.38. The first-order valence-electron chi connectivity index (χ1n) is 5.31. The van der Waals surface area contributed by atoms with E-state index in [9.17, 15) is 0 Å². The van der Waals surface area contributed by atoms with E-state index < -0.39 is 0 Å². The summed E-state index contributed by atoms with van der Waals surface area (Å²) >= 11 is 0. The Kier molecular flexibility index (Phi) is 3.31. The van der Waals surface area contributed by atoms with E-state index in [0.717, 1.165) is 11.3 Å². The number of nitrogens with one attached hydrogen (secondary N) is 1. The van der Waals surface area contributed by atoms with Crippen LogP contribution in [0.5, 0.6) is 0 Å². The molecule has 0 atom stereocenters. The van der Waals surface area contributed by atoms with Gasteiger partial charge in [-0.2, -0.15) is 5.26 Å². The standard InChI is InChI=1S/C13H12N4/c1-10-2-4-11(5-3-10)12-6-7-13(17-16-12)15-9-8-14/h2-7H,9H2,1H3,(H,15,17). The predicted molar refractivity (Wildman–Crippen MR) is 66.3 cm³/mol. The predicted octanol–water partition coefficient (Wildman–Crippen LogP) is 2.39. The number of hydrogen-bond donors (Lipinski definition) is 1. The summed E-state index contributed by atoms with van der Waals surface area (Å²) < 4.78 is 0. The Morgan fingerprint density at radius 1 is 1.12 bits per heavy atom. The number of anilines is 1. The zero-order valence-electron chi connectivity index (χ0n) is 9.51. The zero-order valence-corrected chi connectivity index (χ0v) is 9.51. The number of aromatic nitrogens is 2. The van der Waals surface area contributed by atoms with Crippen LogP contribution in [0.1, 0.15) is 5.56 Å². The molecular formula is C13H12N4. The van der Waals surface area contributed by atoms with Crippen LogP contribution in [0.25, 0.3) is 11.3 Å². The Hall–Kier alpha value is -2.41. The lowest BCUT2D eigenvalue weighted by Crippen LogP contribution is -2.01. The first-order chi connectivity index (χ1) is 8.29. The summed E-state index contributed by atoms with van der Waals surface area (Å²) in [5.41, 5.74) is 3.08. The zero-order chi connectivity index (χ0) is 12.1. The molecule has 0 saturated carbocycles. The average molecular weight is 224 g/mol. The maximum atomic E-state index is 8.43. The van der Waals surface area contributed by atoms with Crippen LogP contribution in [-0.2, 0) is 0 Å². The molecule has 2 aromatic rings. The summed E-state index contributed by atoms with van der Waals surface area (Å²) in [4.78, 5) is 0. The Balaban J connectivity index is 2.18. The highest BCUT2D eigenvalue weighted by molar-refractivity contribution is 5.59. The first-order valence-corrected chi connectivity index (χ1v) is 5.31. The molecule has 1 N–H and O–H groups in total. The first kappa shape index (κ1) is 11.1. The molecule has 0 spiro atoms. The highest BCUT2D eigenvalue weighted by atomic mass is 15.2. The molecule has 1 aromatic heterocycles. The Bertz CT molecular complexity index is 523. The molecule has 0 bridgehead atoms. The lowest BCUT2D eigenvalue weighted by atomic mass is 10.1. The van der Waals surface area contributed by atoms with Crippen LogP contribution in [0.15, 0.2) is 36.4 Å². The van der Waals surface area contributed by atoms with E-state index >= 15 is 0 Å². The van der Waals surface area contributed by atoms with Gasteiger partial charge in [-0.15, -0.1) is 10.2 Å². The van der Waals surface area contributed by atoms with E-state index in [1.807, 2.05) is 49.4 Å². The molecule has 0 aliphatic carbocycles. The SMILES string of the molecule is Cc1ccc(-c2ccc(NCC#N)nn2)cc1. The quantitative estimate of drug-likeness (QED) is 0.813. The maximum absolute atomic E-state index is 8.43. The van der Waals surface area contributed by atoms with Crippen molar-refractivity contribution in [3.05, 3.63) is 42.0 Å². The molecule has 2 rings (SSSR count). The summed E-state index contributed by atoms with van der Waals surface area (Å²) in [5, 5.41) is 19.4. The third kappa shape index (κ3) is 2.79. The van der Waals surface area contributed by atoms with Gasteiger partial charge >= 0.3 is 0 Å². The van der Waals surface area contributed by atoms with Crippen molar-refractivity contribution in [3.63, 3.8) is 0 Å². The van der Waals surface area contributed by atoms with Crippen molar-refractivity contribution in [1.29, 1.82) is 5.26 Å². The minimum atomic E-state index is 0.235. The van der Waals surface area contributed by atoms with Crippen molar-refractivity contribution in [1.82, 2.24) is 10.2 Å². The molecule has 0 fully saturated rings. The molecular weight excluding hydrogens is 212 g/mol. The maximum Gasteiger partial charge on any atom is 0.149 e. The molecule has 4 heteroatoms. The lowest BCUT2D eigenvalue weighted by Gasteiger charge is -2.02. The fourth-order valence-corrected chi connectivity index (χ4v) is 1.43. The van der Waals surface area contributed by atoms with E-state index in [2.05, 4.69) is 15.5 Å².